The molecule has 0 radical (unpaired) electrons. The summed E-state index contributed by atoms with van der Waals surface area (Å²) in [5.74, 6) is 0.203. The molecular weight excluding hydrogens is 346 g/mol. The SMILES string of the molecule is COC(=O)c1cc(N2CCOC[C@H]2C)nc2c(/C(N)=C/C=N)ncc(C)c12. The van der Waals surface area contributed by atoms with Crippen LogP contribution in [0.1, 0.15) is 28.5 Å². The highest BCUT2D eigenvalue weighted by Gasteiger charge is 2.25. The Bertz CT molecular complexity index is 925. The fourth-order valence-electron chi connectivity index (χ4n) is 3.25. The maximum absolute atomic E-state index is 12.5. The van der Waals surface area contributed by atoms with Gasteiger partial charge in [0.1, 0.15) is 17.0 Å². The lowest BCUT2D eigenvalue weighted by molar-refractivity contribution is 0.0603. The standard InChI is InChI=1S/C19H23N5O3/c1-11-9-22-17(14(21)4-5-20)18-16(11)13(19(25)26-3)8-15(23-18)24-6-7-27-10-12(24)2/h4-5,8-9,12,20H,6-7,10,21H2,1-3H3/b14-4-,20-5?/t12-/m1/s1. The second-order valence-electron chi connectivity index (χ2n) is 6.44. The normalized spacial score (nSPS) is 17.8. The number of anilines is 1. The smallest absolute Gasteiger partial charge is 0.338 e. The van der Waals surface area contributed by atoms with Crippen LogP contribution < -0.4 is 10.6 Å². The van der Waals surface area contributed by atoms with E-state index in [1.54, 1.807) is 12.3 Å². The number of nitrogens with one attached hydrogen (secondary N) is 1. The molecule has 0 saturated carbocycles. The van der Waals surface area contributed by atoms with Crippen LogP contribution in [0.5, 0.6) is 0 Å². The van der Waals surface area contributed by atoms with Crippen LogP contribution in [-0.2, 0) is 9.47 Å². The Morgan fingerprint density at radius 1 is 1.52 bits per heavy atom. The van der Waals surface area contributed by atoms with Crippen molar-refractivity contribution in [2.45, 2.75) is 19.9 Å². The third-order valence-corrected chi connectivity index (χ3v) is 4.62. The topological polar surface area (TPSA) is 114 Å². The summed E-state index contributed by atoms with van der Waals surface area (Å²) in [7, 11) is 1.35. The summed E-state index contributed by atoms with van der Waals surface area (Å²) in [6.45, 7) is 5.75. The number of allylic oxidation sites excluding steroid dienone is 1. The zero-order chi connectivity index (χ0) is 19.6. The maximum Gasteiger partial charge on any atom is 0.338 e. The van der Waals surface area contributed by atoms with Crippen LogP contribution in [0.4, 0.5) is 5.82 Å². The number of nitrogens with zero attached hydrogens (tertiary/aromatic N) is 3. The van der Waals surface area contributed by atoms with Gasteiger partial charge in [0.25, 0.3) is 0 Å². The number of carbonyl (C=O) groups is 1. The summed E-state index contributed by atoms with van der Waals surface area (Å²) in [6, 6.07) is 1.87. The Kier molecular flexibility index (Phi) is 5.36. The van der Waals surface area contributed by atoms with Gasteiger partial charge in [-0.3, -0.25) is 4.98 Å². The molecule has 2 aromatic rings. The Hall–Kier alpha value is -3.00. The maximum atomic E-state index is 12.5. The van der Waals surface area contributed by atoms with E-state index in [2.05, 4.69) is 9.88 Å². The van der Waals surface area contributed by atoms with E-state index >= 15 is 0 Å². The van der Waals surface area contributed by atoms with Gasteiger partial charge >= 0.3 is 5.97 Å². The lowest BCUT2D eigenvalue weighted by atomic mass is 10.0. The van der Waals surface area contributed by atoms with Gasteiger partial charge in [-0.2, -0.15) is 0 Å². The summed E-state index contributed by atoms with van der Waals surface area (Å²) >= 11 is 0. The van der Waals surface area contributed by atoms with Crippen molar-refractivity contribution >= 4 is 34.6 Å². The summed E-state index contributed by atoms with van der Waals surface area (Å²) < 4.78 is 10.5. The second kappa shape index (κ2) is 7.71. The molecular formula is C19H23N5O3. The lowest BCUT2D eigenvalue weighted by Crippen LogP contribution is -2.44. The number of morpholine rings is 1. The van der Waals surface area contributed by atoms with Crippen LogP contribution in [0.15, 0.2) is 18.3 Å². The van der Waals surface area contributed by atoms with E-state index in [0.717, 1.165) is 11.8 Å². The van der Waals surface area contributed by atoms with Crippen LogP contribution in [0.3, 0.4) is 0 Å². The molecule has 0 aliphatic carbocycles. The Labute approximate surface area is 157 Å². The van der Waals surface area contributed by atoms with Crippen molar-refractivity contribution in [3.05, 3.63) is 35.2 Å². The fourth-order valence-corrected chi connectivity index (χ4v) is 3.25. The highest BCUT2D eigenvalue weighted by molar-refractivity contribution is 6.08. The second-order valence-corrected chi connectivity index (χ2v) is 6.44. The third kappa shape index (κ3) is 3.48. The van der Waals surface area contributed by atoms with Crippen molar-refractivity contribution in [2.75, 3.05) is 31.8 Å². The predicted octanol–water partition coefficient (Wildman–Crippen LogP) is 1.90. The number of fused-ring (bicyclic) bond motifs is 1. The van der Waals surface area contributed by atoms with Gasteiger partial charge in [0, 0.05) is 24.3 Å². The number of pyridine rings is 2. The van der Waals surface area contributed by atoms with E-state index < -0.39 is 5.97 Å². The van der Waals surface area contributed by atoms with Crippen molar-refractivity contribution in [1.29, 1.82) is 5.41 Å². The average molecular weight is 369 g/mol. The minimum atomic E-state index is -0.445. The molecule has 8 nitrogen and oxygen atoms in total. The number of esters is 1. The largest absolute Gasteiger partial charge is 0.465 e. The van der Waals surface area contributed by atoms with Crippen LogP contribution >= 0.6 is 0 Å². The number of hydrogen-bond acceptors (Lipinski definition) is 8. The third-order valence-electron chi connectivity index (χ3n) is 4.62. The monoisotopic (exact) mass is 369 g/mol. The molecule has 142 valence electrons. The molecule has 1 fully saturated rings. The number of rotatable bonds is 4. The number of aromatic nitrogens is 2. The van der Waals surface area contributed by atoms with Gasteiger partial charge in [0.05, 0.1) is 37.6 Å². The average Bonchev–Trinajstić information content (AvgIpc) is 2.67. The highest BCUT2D eigenvalue weighted by atomic mass is 16.5. The van der Waals surface area contributed by atoms with E-state index in [0.29, 0.717) is 53.4 Å². The molecule has 0 bridgehead atoms. The zero-order valence-corrected chi connectivity index (χ0v) is 15.7. The van der Waals surface area contributed by atoms with Crippen LogP contribution in [0.25, 0.3) is 16.6 Å². The molecule has 3 N–H and O–H groups in total. The summed E-state index contributed by atoms with van der Waals surface area (Å²) in [5.41, 5.74) is 8.57. The van der Waals surface area contributed by atoms with Crippen molar-refractivity contribution in [2.24, 2.45) is 5.73 Å². The Balaban J connectivity index is 2.33. The molecule has 1 atom stereocenters. The molecule has 2 aromatic heterocycles. The molecule has 1 aliphatic heterocycles. The molecule has 8 heteroatoms. The molecule has 27 heavy (non-hydrogen) atoms. The number of ether oxygens (including phenoxy) is 2. The first-order chi connectivity index (χ1) is 13.0. The molecule has 3 rings (SSSR count). The van der Waals surface area contributed by atoms with E-state index in [-0.39, 0.29) is 6.04 Å². The molecule has 0 amide bonds. The van der Waals surface area contributed by atoms with Gasteiger partial charge in [-0.15, -0.1) is 0 Å². The van der Waals surface area contributed by atoms with Crippen LogP contribution in [-0.4, -0.2) is 55.1 Å². The first-order valence-corrected chi connectivity index (χ1v) is 8.67. The van der Waals surface area contributed by atoms with Crippen molar-refractivity contribution in [1.82, 2.24) is 9.97 Å². The minimum absolute atomic E-state index is 0.116. The summed E-state index contributed by atoms with van der Waals surface area (Å²) in [4.78, 5) is 23.8. The number of methoxy groups -OCH3 is 1. The van der Waals surface area contributed by atoms with Crippen molar-refractivity contribution in [3.8, 4) is 0 Å². The van der Waals surface area contributed by atoms with Crippen LogP contribution in [0, 0.1) is 12.3 Å². The highest BCUT2D eigenvalue weighted by Crippen LogP contribution is 2.30. The molecule has 1 saturated heterocycles. The molecule has 1 aliphatic rings. The van der Waals surface area contributed by atoms with Gasteiger partial charge in [-0.05, 0) is 31.6 Å². The van der Waals surface area contributed by atoms with E-state index in [4.69, 9.17) is 25.6 Å². The Morgan fingerprint density at radius 3 is 2.96 bits per heavy atom. The van der Waals surface area contributed by atoms with E-state index in [9.17, 15) is 4.79 Å². The number of nitrogens with two attached hydrogens (primary N) is 1. The molecule has 3 heterocycles. The quantitative estimate of drug-likeness (QED) is 0.625. The molecule has 0 spiro atoms. The first-order valence-electron chi connectivity index (χ1n) is 8.67. The van der Waals surface area contributed by atoms with Crippen molar-refractivity contribution in [3.63, 3.8) is 0 Å². The summed E-state index contributed by atoms with van der Waals surface area (Å²) in [5, 5.41) is 7.93. The lowest BCUT2D eigenvalue weighted by Gasteiger charge is -2.34. The molecule has 0 aromatic carbocycles. The minimum Gasteiger partial charge on any atom is -0.465 e. The number of aryl methyl sites for hydroxylation is 1. The summed E-state index contributed by atoms with van der Waals surface area (Å²) in [6.07, 6.45) is 4.19. The van der Waals surface area contributed by atoms with E-state index in [1.807, 2.05) is 13.8 Å². The van der Waals surface area contributed by atoms with Gasteiger partial charge < -0.3 is 25.5 Å². The number of hydrogen-bond donors (Lipinski definition) is 2. The van der Waals surface area contributed by atoms with Gasteiger partial charge in [0.2, 0.25) is 0 Å². The van der Waals surface area contributed by atoms with Crippen molar-refractivity contribution < 1.29 is 14.3 Å². The fraction of sp³-hybridized carbons (Fsp3) is 0.368. The predicted molar refractivity (Wildman–Crippen MR) is 104 cm³/mol. The number of carbonyl (C=O) groups excluding carboxylic acids is 1. The van der Waals surface area contributed by atoms with Gasteiger partial charge in [-0.1, -0.05) is 0 Å². The van der Waals surface area contributed by atoms with Crippen LogP contribution in [0.2, 0.25) is 0 Å². The van der Waals surface area contributed by atoms with Gasteiger partial charge in [-0.25, -0.2) is 9.78 Å². The zero-order valence-electron chi connectivity index (χ0n) is 15.7. The first kappa shape index (κ1) is 18.8. The van der Waals surface area contributed by atoms with Gasteiger partial charge in [0.15, 0.2) is 0 Å². The molecule has 0 unspecified atom stereocenters. The van der Waals surface area contributed by atoms with E-state index in [1.165, 1.54) is 13.2 Å². The Morgan fingerprint density at radius 2 is 2.30 bits per heavy atom.